The van der Waals surface area contributed by atoms with Crippen LogP contribution in [-0.2, 0) is 9.53 Å². The van der Waals surface area contributed by atoms with Crippen molar-refractivity contribution in [3.8, 4) is 0 Å². The van der Waals surface area contributed by atoms with Crippen LogP contribution in [0.15, 0.2) is 34.3 Å². The number of fused-ring (bicyclic) bond motifs is 1. The standard InChI is InChI=1S/C18H17F2N3O3S/c1-7(2)26-17(25)12-8(3)21-15-14(16(24)23-18(27)22-15)13(12)9-4-5-10(19)11(20)6-9/h4-7,13H,1-3H3,(H3,21,22,23,24,27). The molecule has 0 spiro atoms. The highest BCUT2D eigenvalue weighted by atomic mass is 32.1. The van der Waals surface area contributed by atoms with Gasteiger partial charge in [-0.2, -0.15) is 0 Å². The number of hydrogen-bond donors (Lipinski definition) is 3. The second kappa shape index (κ2) is 7.07. The average molecular weight is 393 g/mol. The topological polar surface area (TPSA) is 87.0 Å². The normalized spacial score (nSPS) is 16.1. The molecule has 142 valence electrons. The van der Waals surface area contributed by atoms with Gasteiger partial charge in [0.2, 0.25) is 0 Å². The molecular weight excluding hydrogens is 376 g/mol. The number of carbonyl (C=O) groups is 1. The Morgan fingerprint density at radius 3 is 2.56 bits per heavy atom. The molecule has 3 rings (SSSR count). The van der Waals surface area contributed by atoms with E-state index in [-0.39, 0.29) is 27.3 Å². The Hall–Kier alpha value is -2.81. The lowest BCUT2D eigenvalue weighted by atomic mass is 9.82. The van der Waals surface area contributed by atoms with Crippen molar-refractivity contribution in [3.05, 3.63) is 67.4 Å². The van der Waals surface area contributed by atoms with Crippen molar-refractivity contribution in [2.24, 2.45) is 0 Å². The Labute approximate surface area is 158 Å². The first-order valence-corrected chi connectivity index (χ1v) is 8.60. The van der Waals surface area contributed by atoms with Crippen molar-refractivity contribution in [2.45, 2.75) is 32.8 Å². The van der Waals surface area contributed by atoms with E-state index >= 15 is 0 Å². The summed E-state index contributed by atoms with van der Waals surface area (Å²) in [5.74, 6) is -3.43. The van der Waals surface area contributed by atoms with Crippen LogP contribution in [0.1, 0.15) is 37.8 Å². The number of allylic oxidation sites excluding steroid dienone is 1. The molecule has 1 atom stereocenters. The number of hydrogen-bond acceptors (Lipinski definition) is 5. The van der Waals surface area contributed by atoms with Gasteiger partial charge in [-0.3, -0.25) is 9.78 Å². The molecule has 0 bridgehead atoms. The summed E-state index contributed by atoms with van der Waals surface area (Å²) in [5, 5.41) is 2.94. The monoisotopic (exact) mass is 393 g/mol. The van der Waals surface area contributed by atoms with Gasteiger partial charge < -0.3 is 15.0 Å². The zero-order valence-electron chi connectivity index (χ0n) is 14.8. The van der Waals surface area contributed by atoms with Gasteiger partial charge in [0.1, 0.15) is 5.82 Å². The summed E-state index contributed by atoms with van der Waals surface area (Å²) < 4.78 is 32.7. The van der Waals surface area contributed by atoms with Gasteiger partial charge >= 0.3 is 5.97 Å². The Morgan fingerprint density at radius 2 is 1.93 bits per heavy atom. The van der Waals surface area contributed by atoms with Crippen LogP contribution in [0.4, 0.5) is 14.6 Å². The SMILES string of the molecule is CC1=C(C(=O)OC(C)C)C(c2ccc(F)c(F)c2)c2c([nH]c(=S)[nH]c2=O)N1. The Balaban J connectivity index is 2.28. The summed E-state index contributed by atoms with van der Waals surface area (Å²) in [6.07, 6.45) is -0.398. The predicted molar refractivity (Wildman–Crippen MR) is 98.0 cm³/mol. The van der Waals surface area contributed by atoms with Gasteiger partial charge in [0.05, 0.1) is 23.2 Å². The fourth-order valence-corrected chi connectivity index (χ4v) is 3.25. The summed E-state index contributed by atoms with van der Waals surface area (Å²) in [4.78, 5) is 30.6. The fraction of sp³-hybridized carbons (Fsp3) is 0.278. The van der Waals surface area contributed by atoms with Crippen molar-refractivity contribution in [1.82, 2.24) is 9.97 Å². The first kappa shape index (κ1) is 19.0. The van der Waals surface area contributed by atoms with Gasteiger partial charge in [0.15, 0.2) is 16.4 Å². The van der Waals surface area contributed by atoms with Crippen molar-refractivity contribution in [2.75, 3.05) is 5.32 Å². The van der Waals surface area contributed by atoms with E-state index in [1.54, 1.807) is 20.8 Å². The maximum Gasteiger partial charge on any atom is 0.337 e. The minimum atomic E-state index is -1.08. The molecule has 0 saturated heterocycles. The second-order valence-electron chi connectivity index (χ2n) is 6.42. The smallest absolute Gasteiger partial charge is 0.337 e. The quantitative estimate of drug-likeness (QED) is 0.549. The van der Waals surface area contributed by atoms with Gasteiger partial charge in [0, 0.05) is 5.70 Å². The molecule has 9 heteroatoms. The predicted octanol–water partition coefficient (Wildman–Crippen LogP) is 3.49. The minimum absolute atomic E-state index is 0.0938. The van der Waals surface area contributed by atoms with Crippen LogP contribution in [-0.4, -0.2) is 22.0 Å². The number of anilines is 1. The summed E-state index contributed by atoms with van der Waals surface area (Å²) in [6.45, 7) is 5.01. The van der Waals surface area contributed by atoms with E-state index in [9.17, 15) is 18.4 Å². The summed E-state index contributed by atoms with van der Waals surface area (Å²) in [7, 11) is 0. The zero-order valence-corrected chi connectivity index (χ0v) is 15.6. The summed E-state index contributed by atoms with van der Waals surface area (Å²) >= 11 is 4.99. The van der Waals surface area contributed by atoms with Crippen LogP contribution in [0.25, 0.3) is 0 Å². The summed E-state index contributed by atoms with van der Waals surface area (Å²) in [5.41, 5.74) is 0.384. The molecule has 6 nitrogen and oxygen atoms in total. The third-order valence-electron chi connectivity index (χ3n) is 4.11. The molecule has 0 aliphatic carbocycles. The molecule has 27 heavy (non-hydrogen) atoms. The number of carbonyl (C=O) groups excluding carboxylic acids is 1. The second-order valence-corrected chi connectivity index (χ2v) is 6.83. The lowest BCUT2D eigenvalue weighted by Gasteiger charge is -2.29. The number of benzene rings is 1. The molecule has 1 aliphatic heterocycles. The molecule has 0 amide bonds. The van der Waals surface area contributed by atoms with Gasteiger partial charge in [0.25, 0.3) is 5.56 Å². The maximum atomic E-state index is 13.9. The highest BCUT2D eigenvalue weighted by molar-refractivity contribution is 7.71. The molecule has 0 radical (unpaired) electrons. The number of nitrogens with one attached hydrogen (secondary N) is 3. The largest absolute Gasteiger partial charge is 0.460 e. The van der Waals surface area contributed by atoms with Crippen LogP contribution in [0.5, 0.6) is 0 Å². The number of esters is 1. The van der Waals surface area contributed by atoms with Crippen LogP contribution in [0.3, 0.4) is 0 Å². The minimum Gasteiger partial charge on any atom is -0.460 e. The zero-order chi connectivity index (χ0) is 19.9. The number of aromatic nitrogens is 2. The van der Waals surface area contributed by atoms with Crippen LogP contribution in [0.2, 0.25) is 0 Å². The maximum absolute atomic E-state index is 13.9. The van der Waals surface area contributed by atoms with Crippen molar-refractivity contribution in [3.63, 3.8) is 0 Å². The van der Waals surface area contributed by atoms with Gasteiger partial charge in [-0.1, -0.05) is 6.07 Å². The number of halogens is 2. The van der Waals surface area contributed by atoms with Crippen molar-refractivity contribution < 1.29 is 18.3 Å². The average Bonchev–Trinajstić information content (AvgIpc) is 2.55. The molecule has 0 fully saturated rings. The highest BCUT2D eigenvalue weighted by Crippen LogP contribution is 2.39. The number of H-pyrrole nitrogens is 2. The Kier molecular flexibility index (Phi) is 4.97. The van der Waals surface area contributed by atoms with E-state index in [4.69, 9.17) is 17.0 Å². The van der Waals surface area contributed by atoms with Crippen LogP contribution >= 0.6 is 12.2 Å². The van der Waals surface area contributed by atoms with Crippen molar-refractivity contribution >= 4 is 24.0 Å². The molecule has 2 heterocycles. The van der Waals surface area contributed by atoms with Crippen LogP contribution < -0.4 is 10.9 Å². The third-order valence-corrected chi connectivity index (χ3v) is 4.32. The lowest BCUT2D eigenvalue weighted by Crippen LogP contribution is -2.31. The lowest BCUT2D eigenvalue weighted by molar-refractivity contribution is -0.143. The molecule has 1 aliphatic rings. The highest BCUT2D eigenvalue weighted by Gasteiger charge is 2.36. The van der Waals surface area contributed by atoms with E-state index < -0.39 is 35.2 Å². The molecule has 1 unspecified atom stereocenters. The molecule has 1 aromatic heterocycles. The molecule has 1 aromatic carbocycles. The van der Waals surface area contributed by atoms with E-state index in [0.717, 1.165) is 12.1 Å². The van der Waals surface area contributed by atoms with E-state index in [2.05, 4.69) is 15.3 Å². The van der Waals surface area contributed by atoms with E-state index in [1.165, 1.54) is 6.07 Å². The number of rotatable bonds is 3. The van der Waals surface area contributed by atoms with E-state index in [0.29, 0.717) is 5.70 Å². The van der Waals surface area contributed by atoms with Gasteiger partial charge in [-0.25, -0.2) is 13.6 Å². The number of aromatic amines is 2. The molecule has 0 saturated carbocycles. The van der Waals surface area contributed by atoms with E-state index in [1.807, 2.05) is 0 Å². The summed E-state index contributed by atoms with van der Waals surface area (Å²) in [6, 6.07) is 3.24. The Bertz CT molecular complexity index is 1070. The molecule has 2 aromatic rings. The van der Waals surface area contributed by atoms with Crippen molar-refractivity contribution in [1.29, 1.82) is 0 Å². The van der Waals surface area contributed by atoms with Crippen LogP contribution in [0, 0.1) is 16.4 Å². The Morgan fingerprint density at radius 1 is 1.22 bits per heavy atom. The number of ether oxygens (including phenoxy) is 1. The van der Waals surface area contributed by atoms with Gasteiger partial charge in [-0.15, -0.1) is 0 Å². The molecular formula is C18H17F2N3O3S. The third kappa shape index (κ3) is 3.55. The van der Waals surface area contributed by atoms with Gasteiger partial charge in [-0.05, 0) is 50.7 Å². The molecule has 3 N–H and O–H groups in total. The first-order chi connectivity index (χ1) is 12.7. The fourth-order valence-electron chi connectivity index (χ4n) is 3.06. The first-order valence-electron chi connectivity index (χ1n) is 8.19.